The first kappa shape index (κ1) is 15.0. The van der Waals surface area contributed by atoms with E-state index < -0.39 is 0 Å². The highest BCUT2D eigenvalue weighted by Crippen LogP contribution is 2.32. The number of rotatable bonds is 3. The van der Waals surface area contributed by atoms with E-state index in [4.69, 9.17) is 0 Å². The van der Waals surface area contributed by atoms with Gasteiger partial charge in [-0.25, -0.2) is 0 Å². The number of aliphatic hydroxyl groups excluding tert-OH is 1. The van der Waals surface area contributed by atoms with Gasteiger partial charge in [0.2, 0.25) is 0 Å². The van der Waals surface area contributed by atoms with Gasteiger partial charge in [0, 0.05) is 16.8 Å². The number of hydrogen-bond acceptors (Lipinski definition) is 3. The van der Waals surface area contributed by atoms with Gasteiger partial charge >= 0.3 is 0 Å². The van der Waals surface area contributed by atoms with Crippen molar-refractivity contribution in [3.63, 3.8) is 0 Å². The molecule has 0 aromatic carbocycles. The van der Waals surface area contributed by atoms with Crippen LogP contribution in [0.15, 0.2) is 5.38 Å². The van der Waals surface area contributed by atoms with Crippen LogP contribution >= 0.6 is 11.3 Å². The molecule has 2 aliphatic rings. The number of amides is 1. The summed E-state index contributed by atoms with van der Waals surface area (Å²) in [6.07, 6.45) is 7.15. The van der Waals surface area contributed by atoms with Crippen LogP contribution in [0.4, 0.5) is 0 Å². The van der Waals surface area contributed by atoms with E-state index in [1.54, 1.807) is 11.3 Å². The lowest BCUT2D eigenvalue weighted by Gasteiger charge is -2.26. The number of carbonyl (C=O) groups excluding carboxylic acids is 1. The monoisotopic (exact) mass is 307 g/mol. The molecule has 21 heavy (non-hydrogen) atoms. The molecule has 1 heterocycles. The molecule has 1 aromatic rings. The van der Waals surface area contributed by atoms with Gasteiger partial charge in [0.1, 0.15) is 0 Å². The minimum absolute atomic E-state index is 0.0853. The van der Waals surface area contributed by atoms with Crippen molar-refractivity contribution < 1.29 is 9.90 Å². The second-order valence-electron chi connectivity index (χ2n) is 6.80. The maximum Gasteiger partial charge on any atom is 0.252 e. The molecule has 1 fully saturated rings. The van der Waals surface area contributed by atoms with Crippen molar-refractivity contribution >= 4 is 17.2 Å². The lowest BCUT2D eigenvalue weighted by atomic mass is 9.87. The van der Waals surface area contributed by atoms with Crippen molar-refractivity contribution in [2.45, 2.75) is 58.0 Å². The summed E-state index contributed by atoms with van der Waals surface area (Å²) in [5, 5.41) is 14.8. The second-order valence-corrected chi connectivity index (χ2v) is 7.76. The molecule has 3 atom stereocenters. The first-order valence-corrected chi connectivity index (χ1v) is 9.07. The quantitative estimate of drug-likeness (QED) is 0.901. The summed E-state index contributed by atoms with van der Waals surface area (Å²) < 4.78 is 0. The van der Waals surface area contributed by atoms with Gasteiger partial charge in [0.25, 0.3) is 5.91 Å². The molecule has 2 N–H and O–H groups in total. The zero-order valence-corrected chi connectivity index (χ0v) is 13.5. The van der Waals surface area contributed by atoms with E-state index in [0.717, 1.165) is 50.0 Å². The van der Waals surface area contributed by atoms with Gasteiger partial charge in [-0.15, -0.1) is 11.3 Å². The van der Waals surface area contributed by atoms with E-state index in [1.807, 2.05) is 5.38 Å². The summed E-state index contributed by atoms with van der Waals surface area (Å²) in [6, 6.07) is 0. The normalized spacial score (nSPS) is 29.0. The maximum atomic E-state index is 12.4. The zero-order valence-electron chi connectivity index (χ0n) is 12.7. The Bertz CT molecular complexity index is 511. The van der Waals surface area contributed by atoms with Gasteiger partial charge in [-0.1, -0.05) is 13.3 Å². The van der Waals surface area contributed by atoms with E-state index in [-0.39, 0.29) is 12.0 Å². The SMILES string of the molecule is CC1CCc2c(C(=O)NCC3CCCC(O)C3)csc2C1. The molecule has 1 amide bonds. The van der Waals surface area contributed by atoms with Crippen LogP contribution in [0.1, 0.15) is 59.8 Å². The fourth-order valence-corrected chi connectivity index (χ4v) is 4.89. The molecule has 116 valence electrons. The van der Waals surface area contributed by atoms with Gasteiger partial charge in [-0.3, -0.25) is 4.79 Å². The molecule has 1 saturated carbocycles. The van der Waals surface area contributed by atoms with Gasteiger partial charge in [0.15, 0.2) is 0 Å². The van der Waals surface area contributed by atoms with Crippen LogP contribution in [-0.4, -0.2) is 23.7 Å². The Labute approximate surface area is 130 Å². The van der Waals surface area contributed by atoms with Gasteiger partial charge in [-0.2, -0.15) is 0 Å². The molecule has 3 nitrogen and oxygen atoms in total. The largest absolute Gasteiger partial charge is 0.393 e. The summed E-state index contributed by atoms with van der Waals surface area (Å²) in [7, 11) is 0. The van der Waals surface area contributed by atoms with Crippen LogP contribution in [0.5, 0.6) is 0 Å². The summed E-state index contributed by atoms with van der Waals surface area (Å²) >= 11 is 1.75. The number of carbonyl (C=O) groups is 1. The first-order valence-electron chi connectivity index (χ1n) is 8.19. The lowest BCUT2D eigenvalue weighted by molar-refractivity contribution is 0.0873. The third kappa shape index (κ3) is 3.49. The highest BCUT2D eigenvalue weighted by Gasteiger charge is 2.24. The molecule has 0 aliphatic heterocycles. The molecule has 0 saturated heterocycles. The summed E-state index contributed by atoms with van der Waals surface area (Å²) in [5.74, 6) is 1.27. The van der Waals surface area contributed by atoms with Crippen LogP contribution in [-0.2, 0) is 12.8 Å². The second kappa shape index (κ2) is 6.49. The Hall–Kier alpha value is -0.870. The average Bonchev–Trinajstić information content (AvgIpc) is 2.88. The van der Waals surface area contributed by atoms with Crippen molar-refractivity contribution in [2.24, 2.45) is 11.8 Å². The van der Waals surface area contributed by atoms with Crippen molar-refractivity contribution in [1.29, 1.82) is 0 Å². The standard InChI is InChI=1S/C17H25NO2S/c1-11-5-6-14-15(10-21-16(14)7-11)17(20)18-9-12-3-2-4-13(19)8-12/h10-13,19H,2-9H2,1H3,(H,18,20). The minimum atomic E-state index is -0.170. The van der Waals surface area contributed by atoms with E-state index in [1.165, 1.54) is 16.9 Å². The predicted molar refractivity (Wildman–Crippen MR) is 85.8 cm³/mol. The molecule has 0 bridgehead atoms. The summed E-state index contributed by atoms with van der Waals surface area (Å²) in [6.45, 7) is 2.99. The summed E-state index contributed by atoms with van der Waals surface area (Å²) in [4.78, 5) is 13.8. The number of hydrogen-bond donors (Lipinski definition) is 2. The van der Waals surface area contributed by atoms with E-state index in [0.29, 0.717) is 12.5 Å². The molecule has 1 aromatic heterocycles. The van der Waals surface area contributed by atoms with Crippen LogP contribution in [0.25, 0.3) is 0 Å². The highest BCUT2D eigenvalue weighted by molar-refractivity contribution is 7.10. The topological polar surface area (TPSA) is 49.3 Å². The molecular formula is C17H25NO2S. The molecule has 0 spiro atoms. The van der Waals surface area contributed by atoms with E-state index in [2.05, 4.69) is 12.2 Å². The fourth-order valence-electron chi connectivity index (χ4n) is 3.65. The van der Waals surface area contributed by atoms with Gasteiger partial charge in [0.05, 0.1) is 11.7 Å². The van der Waals surface area contributed by atoms with Gasteiger partial charge in [-0.05, 0) is 55.9 Å². The van der Waals surface area contributed by atoms with Crippen molar-refractivity contribution in [2.75, 3.05) is 6.54 Å². The lowest BCUT2D eigenvalue weighted by Crippen LogP contribution is -2.33. The van der Waals surface area contributed by atoms with Crippen molar-refractivity contribution in [1.82, 2.24) is 5.32 Å². The Kier molecular flexibility index (Phi) is 4.65. The predicted octanol–water partition coefficient (Wildman–Crippen LogP) is 3.15. The number of fused-ring (bicyclic) bond motifs is 1. The van der Waals surface area contributed by atoms with E-state index in [9.17, 15) is 9.90 Å². The number of thiophene rings is 1. The van der Waals surface area contributed by atoms with Crippen LogP contribution < -0.4 is 5.32 Å². The van der Waals surface area contributed by atoms with E-state index >= 15 is 0 Å². The maximum absolute atomic E-state index is 12.4. The van der Waals surface area contributed by atoms with Crippen LogP contribution in [0.3, 0.4) is 0 Å². The van der Waals surface area contributed by atoms with Crippen molar-refractivity contribution in [3.8, 4) is 0 Å². The minimum Gasteiger partial charge on any atom is -0.393 e. The Balaban J connectivity index is 1.58. The molecular weight excluding hydrogens is 282 g/mol. The zero-order chi connectivity index (χ0) is 14.8. The Morgan fingerprint density at radius 3 is 3.10 bits per heavy atom. The number of nitrogens with one attached hydrogen (secondary N) is 1. The molecule has 3 rings (SSSR count). The number of aliphatic hydroxyl groups is 1. The highest BCUT2D eigenvalue weighted by atomic mass is 32.1. The molecule has 2 aliphatic carbocycles. The Morgan fingerprint density at radius 1 is 1.43 bits per heavy atom. The smallest absolute Gasteiger partial charge is 0.252 e. The van der Waals surface area contributed by atoms with Crippen molar-refractivity contribution in [3.05, 3.63) is 21.4 Å². The fraction of sp³-hybridized carbons (Fsp3) is 0.706. The van der Waals surface area contributed by atoms with Crippen LogP contribution in [0, 0.1) is 11.8 Å². The molecule has 0 radical (unpaired) electrons. The molecule has 3 unspecified atom stereocenters. The first-order chi connectivity index (χ1) is 10.1. The van der Waals surface area contributed by atoms with Crippen LogP contribution in [0.2, 0.25) is 0 Å². The third-order valence-electron chi connectivity index (χ3n) is 4.95. The summed E-state index contributed by atoms with van der Waals surface area (Å²) in [5.41, 5.74) is 2.19. The molecule has 4 heteroatoms. The average molecular weight is 307 g/mol. The Morgan fingerprint density at radius 2 is 2.29 bits per heavy atom. The van der Waals surface area contributed by atoms with Gasteiger partial charge < -0.3 is 10.4 Å². The third-order valence-corrected chi connectivity index (χ3v) is 6.00.